The van der Waals surface area contributed by atoms with E-state index in [1.54, 1.807) is 16.9 Å². The van der Waals surface area contributed by atoms with E-state index >= 15 is 0 Å². The van der Waals surface area contributed by atoms with Crippen molar-refractivity contribution in [1.29, 1.82) is 0 Å². The van der Waals surface area contributed by atoms with Crippen molar-refractivity contribution in [3.05, 3.63) is 134 Å². The number of para-hydroxylation sites is 1. The first kappa shape index (κ1) is 25.8. The van der Waals surface area contributed by atoms with Gasteiger partial charge in [0, 0.05) is 45.4 Å². The number of hydrogen-bond donors (Lipinski definition) is 0. The van der Waals surface area contributed by atoms with Crippen molar-refractivity contribution < 1.29 is 0 Å². The lowest BCUT2D eigenvalue weighted by molar-refractivity contribution is 0.905. The number of pyridine rings is 1. The molecule has 0 aliphatic heterocycles. The van der Waals surface area contributed by atoms with Gasteiger partial charge in [0.15, 0.2) is 23.3 Å². The number of fused-ring (bicyclic) bond motifs is 4. The van der Waals surface area contributed by atoms with Gasteiger partial charge in [0.1, 0.15) is 6.33 Å². The fraction of sp³-hybridized carbons (Fsp3) is 0. The van der Waals surface area contributed by atoms with Crippen LogP contribution in [0.2, 0.25) is 0 Å². The second-order valence-corrected chi connectivity index (χ2v) is 10.7. The fourth-order valence-corrected chi connectivity index (χ4v) is 5.76. The van der Waals surface area contributed by atoms with Crippen LogP contribution in [0.4, 0.5) is 0 Å². The van der Waals surface area contributed by atoms with Crippen molar-refractivity contribution >= 4 is 27.6 Å². The Bertz CT molecular complexity index is 2470. The summed E-state index contributed by atoms with van der Waals surface area (Å²) in [6.07, 6.45) is 5.01. The number of benzene rings is 4. The SMILES string of the molecule is c1ccc(-c2nc(-c3ccncc3)nc(-n3c4ccccc4c4cc(-c5ncnc6nc(-c7ccccc7)nn56)ccc43)n2)cc1. The summed E-state index contributed by atoms with van der Waals surface area (Å²) in [5, 5.41) is 6.85. The van der Waals surface area contributed by atoms with Crippen LogP contribution >= 0.6 is 0 Å². The topological polar surface area (TPSA) is 112 Å². The summed E-state index contributed by atoms with van der Waals surface area (Å²) in [5.41, 5.74) is 5.47. The molecule has 0 radical (unpaired) electrons. The lowest BCUT2D eigenvalue weighted by Crippen LogP contribution is -2.06. The summed E-state index contributed by atoms with van der Waals surface area (Å²) >= 11 is 0. The Labute approximate surface area is 261 Å². The Morgan fingerprint density at radius 3 is 1.89 bits per heavy atom. The molecule has 0 spiro atoms. The van der Waals surface area contributed by atoms with Crippen molar-refractivity contribution in [3.63, 3.8) is 0 Å². The normalized spacial score (nSPS) is 11.5. The molecular formula is C36H22N10. The summed E-state index contributed by atoms with van der Waals surface area (Å²) in [5.74, 6) is 3.39. The maximum Gasteiger partial charge on any atom is 0.256 e. The first-order valence-electron chi connectivity index (χ1n) is 14.7. The molecule has 46 heavy (non-hydrogen) atoms. The largest absolute Gasteiger partial charge is 0.278 e. The minimum atomic E-state index is 0.480. The van der Waals surface area contributed by atoms with Gasteiger partial charge in [-0.25, -0.2) is 9.97 Å². The Kier molecular flexibility index (Phi) is 5.88. The maximum atomic E-state index is 5.01. The Balaban J connectivity index is 1.25. The molecule has 0 aliphatic rings. The van der Waals surface area contributed by atoms with E-state index in [-0.39, 0.29) is 0 Å². The third-order valence-electron chi connectivity index (χ3n) is 7.90. The van der Waals surface area contributed by atoms with Gasteiger partial charge in [-0.15, -0.1) is 5.10 Å². The second-order valence-electron chi connectivity index (χ2n) is 10.7. The van der Waals surface area contributed by atoms with Crippen LogP contribution in [0.1, 0.15) is 0 Å². The van der Waals surface area contributed by atoms with Gasteiger partial charge >= 0.3 is 0 Å². The Hall–Kier alpha value is -6.68. The minimum absolute atomic E-state index is 0.480. The maximum absolute atomic E-state index is 5.01. The molecule has 0 amide bonds. The van der Waals surface area contributed by atoms with Crippen molar-refractivity contribution in [2.75, 3.05) is 0 Å². The number of nitrogens with zero attached hydrogens (tertiary/aromatic N) is 10. The highest BCUT2D eigenvalue weighted by molar-refractivity contribution is 6.10. The standard InChI is InChI=1S/C36H22N10/c1-3-9-23(10-4-1)31-40-32(25-17-19-37-20-18-25)42-36(41-31)45-29-14-8-7-13-27(29)28-21-26(15-16-30(28)45)34-38-22-39-35-43-33(44-46(34)35)24-11-5-2-6-12-24/h1-22H. The molecule has 0 unspecified atom stereocenters. The molecule has 0 aliphatic carbocycles. The van der Waals surface area contributed by atoms with E-state index < -0.39 is 0 Å². The molecule has 0 saturated heterocycles. The van der Waals surface area contributed by atoms with Gasteiger partial charge in [0.05, 0.1) is 11.0 Å². The first-order chi connectivity index (χ1) is 22.8. The molecule has 5 heterocycles. The molecule has 0 bridgehead atoms. The molecule has 10 nitrogen and oxygen atoms in total. The van der Waals surface area contributed by atoms with Crippen molar-refractivity contribution in [2.24, 2.45) is 0 Å². The molecule has 0 fully saturated rings. The van der Waals surface area contributed by atoms with Crippen LogP contribution in [0.25, 0.3) is 79.1 Å². The van der Waals surface area contributed by atoms with Gasteiger partial charge in [0.2, 0.25) is 5.95 Å². The number of aromatic nitrogens is 10. The quantitative estimate of drug-likeness (QED) is 0.212. The summed E-state index contributed by atoms with van der Waals surface area (Å²) < 4.78 is 3.79. The van der Waals surface area contributed by atoms with E-state index in [9.17, 15) is 0 Å². The molecular weight excluding hydrogens is 572 g/mol. The van der Waals surface area contributed by atoms with E-state index in [0.717, 1.165) is 44.1 Å². The molecule has 0 saturated carbocycles. The van der Waals surface area contributed by atoms with Crippen molar-refractivity contribution in [3.8, 4) is 51.5 Å². The van der Waals surface area contributed by atoms with Gasteiger partial charge in [-0.3, -0.25) is 9.55 Å². The number of rotatable bonds is 5. The summed E-state index contributed by atoms with van der Waals surface area (Å²) in [6.45, 7) is 0. The van der Waals surface area contributed by atoms with Crippen molar-refractivity contribution in [1.82, 2.24) is 49.1 Å². The Morgan fingerprint density at radius 2 is 1.13 bits per heavy atom. The van der Waals surface area contributed by atoms with Crippen LogP contribution in [-0.2, 0) is 0 Å². The monoisotopic (exact) mass is 594 g/mol. The summed E-state index contributed by atoms with van der Waals surface area (Å²) in [4.78, 5) is 32.7. The zero-order valence-electron chi connectivity index (χ0n) is 24.2. The fourth-order valence-electron chi connectivity index (χ4n) is 5.76. The molecule has 10 heteroatoms. The smallest absolute Gasteiger partial charge is 0.256 e. The highest BCUT2D eigenvalue weighted by Crippen LogP contribution is 2.34. The molecule has 5 aromatic heterocycles. The third kappa shape index (κ3) is 4.27. The number of hydrogen-bond acceptors (Lipinski definition) is 8. The minimum Gasteiger partial charge on any atom is -0.278 e. The molecule has 9 rings (SSSR count). The molecule has 216 valence electrons. The zero-order valence-corrected chi connectivity index (χ0v) is 24.2. The van der Waals surface area contributed by atoms with Gasteiger partial charge in [-0.2, -0.15) is 24.5 Å². The highest BCUT2D eigenvalue weighted by Gasteiger charge is 2.19. The van der Waals surface area contributed by atoms with Gasteiger partial charge in [0.25, 0.3) is 5.78 Å². The molecule has 0 atom stereocenters. The zero-order chi connectivity index (χ0) is 30.5. The molecule has 4 aromatic carbocycles. The highest BCUT2D eigenvalue weighted by atomic mass is 15.4. The van der Waals surface area contributed by atoms with Crippen LogP contribution in [-0.4, -0.2) is 49.1 Å². The van der Waals surface area contributed by atoms with Crippen LogP contribution in [0.5, 0.6) is 0 Å². The van der Waals surface area contributed by atoms with Crippen LogP contribution in [0, 0.1) is 0 Å². The lowest BCUT2D eigenvalue weighted by Gasteiger charge is -2.11. The van der Waals surface area contributed by atoms with E-state index in [2.05, 4.69) is 48.8 Å². The predicted molar refractivity (Wildman–Crippen MR) is 176 cm³/mol. The van der Waals surface area contributed by atoms with Gasteiger partial charge in [-0.05, 0) is 36.4 Å². The van der Waals surface area contributed by atoms with Crippen molar-refractivity contribution in [2.45, 2.75) is 0 Å². The van der Waals surface area contributed by atoms with Crippen LogP contribution in [0.3, 0.4) is 0 Å². The van der Waals surface area contributed by atoms with Crippen LogP contribution < -0.4 is 0 Å². The third-order valence-corrected chi connectivity index (χ3v) is 7.90. The lowest BCUT2D eigenvalue weighted by atomic mass is 10.1. The summed E-state index contributed by atoms with van der Waals surface area (Å²) in [6, 6.07) is 38.1. The molecule has 0 N–H and O–H groups in total. The van der Waals surface area contributed by atoms with E-state index in [0.29, 0.717) is 35.0 Å². The van der Waals surface area contributed by atoms with Crippen LogP contribution in [0.15, 0.2) is 134 Å². The summed E-state index contributed by atoms with van der Waals surface area (Å²) in [7, 11) is 0. The Morgan fingerprint density at radius 1 is 0.478 bits per heavy atom. The van der Waals surface area contributed by atoms with E-state index in [4.69, 9.17) is 20.1 Å². The van der Waals surface area contributed by atoms with E-state index in [1.807, 2.05) is 91.0 Å². The van der Waals surface area contributed by atoms with E-state index in [1.165, 1.54) is 6.33 Å². The van der Waals surface area contributed by atoms with Gasteiger partial charge < -0.3 is 0 Å². The average molecular weight is 595 g/mol. The average Bonchev–Trinajstić information content (AvgIpc) is 3.72. The predicted octanol–water partition coefficient (Wildman–Crippen LogP) is 6.86. The second kappa shape index (κ2) is 10.5. The molecule has 9 aromatic rings. The first-order valence-corrected chi connectivity index (χ1v) is 14.7. The van der Waals surface area contributed by atoms with Gasteiger partial charge in [-0.1, -0.05) is 78.9 Å².